The highest BCUT2D eigenvalue weighted by atomic mass is 35.5. The first-order chi connectivity index (χ1) is 13.9. The Morgan fingerprint density at radius 3 is 2.28 bits per heavy atom. The number of Topliss-reactive ketones (excluding diaryl/α,β-unsaturated/α-hetero) is 1. The standard InChI is InChI=1S/C26H33ClO2/c1-25-12-10-17-18-11-13-26(29)14-23(26)20(18)7-6-19(17)21(25)8-9-22(25)24(28)15-2-4-16(27)5-3-15/h2-5,17-23,29H,6-14H2,1H3/t17-,18-,19-,20+,21+,22-,23?,25+,26+/m1/s1. The van der Waals surface area contributed by atoms with E-state index in [4.69, 9.17) is 11.6 Å². The van der Waals surface area contributed by atoms with Gasteiger partial charge in [-0.05, 0) is 123 Å². The molecule has 5 aliphatic carbocycles. The van der Waals surface area contributed by atoms with Gasteiger partial charge in [-0.15, -0.1) is 0 Å². The Kier molecular flexibility index (Phi) is 4.12. The van der Waals surface area contributed by atoms with Crippen LogP contribution >= 0.6 is 11.6 Å². The second-order valence-corrected chi connectivity index (χ2v) is 11.8. The van der Waals surface area contributed by atoms with E-state index in [9.17, 15) is 9.90 Å². The lowest BCUT2D eigenvalue weighted by Gasteiger charge is -2.56. The van der Waals surface area contributed by atoms with E-state index in [1.807, 2.05) is 24.3 Å². The Hall–Kier alpha value is -0.860. The van der Waals surface area contributed by atoms with Crippen molar-refractivity contribution in [3.05, 3.63) is 34.9 Å². The first kappa shape index (κ1) is 18.9. The maximum Gasteiger partial charge on any atom is 0.166 e. The van der Waals surface area contributed by atoms with E-state index in [0.717, 1.165) is 48.5 Å². The van der Waals surface area contributed by atoms with Gasteiger partial charge in [0.1, 0.15) is 0 Å². The first-order valence-electron chi connectivity index (χ1n) is 11.9. The topological polar surface area (TPSA) is 37.3 Å². The minimum atomic E-state index is -0.277. The minimum absolute atomic E-state index is 0.166. The average Bonchev–Trinajstić information content (AvgIpc) is 3.29. The van der Waals surface area contributed by atoms with Gasteiger partial charge in [-0.25, -0.2) is 0 Å². The van der Waals surface area contributed by atoms with Crippen molar-refractivity contribution in [1.29, 1.82) is 0 Å². The number of carbonyl (C=O) groups is 1. The van der Waals surface area contributed by atoms with Crippen LogP contribution in [0.4, 0.5) is 0 Å². The summed E-state index contributed by atoms with van der Waals surface area (Å²) in [5.74, 6) is 5.13. The summed E-state index contributed by atoms with van der Waals surface area (Å²) in [5, 5.41) is 11.3. The van der Waals surface area contributed by atoms with Gasteiger partial charge in [0, 0.05) is 16.5 Å². The number of fused-ring (bicyclic) bond motifs is 7. The summed E-state index contributed by atoms with van der Waals surface area (Å²) >= 11 is 6.04. The van der Waals surface area contributed by atoms with Crippen LogP contribution in [0.2, 0.25) is 5.02 Å². The fourth-order valence-corrected chi connectivity index (χ4v) is 9.06. The molecule has 0 spiro atoms. The predicted octanol–water partition coefficient (Wildman–Crippen LogP) is 6.15. The molecule has 2 nitrogen and oxygen atoms in total. The second-order valence-electron chi connectivity index (χ2n) is 11.3. The number of hydrogen-bond donors (Lipinski definition) is 1. The molecule has 1 aromatic carbocycles. The smallest absolute Gasteiger partial charge is 0.166 e. The molecule has 0 saturated heterocycles. The van der Waals surface area contributed by atoms with Crippen molar-refractivity contribution in [3.8, 4) is 0 Å². The van der Waals surface area contributed by atoms with Crippen LogP contribution in [0, 0.1) is 46.8 Å². The van der Waals surface area contributed by atoms with Gasteiger partial charge in [-0.2, -0.15) is 0 Å². The van der Waals surface area contributed by atoms with Gasteiger partial charge in [0.25, 0.3) is 0 Å². The van der Waals surface area contributed by atoms with E-state index >= 15 is 0 Å². The van der Waals surface area contributed by atoms with E-state index in [1.54, 1.807) is 0 Å². The van der Waals surface area contributed by atoms with Crippen LogP contribution in [0.5, 0.6) is 0 Å². The van der Waals surface area contributed by atoms with Crippen LogP contribution in [-0.4, -0.2) is 16.5 Å². The molecule has 0 aliphatic heterocycles. The normalized spacial score (nSPS) is 50.1. The average molecular weight is 413 g/mol. The number of hydrogen-bond acceptors (Lipinski definition) is 2. The lowest BCUT2D eigenvalue weighted by atomic mass is 9.49. The van der Waals surface area contributed by atoms with Gasteiger partial charge < -0.3 is 5.11 Å². The molecule has 6 rings (SSSR count). The molecule has 0 bridgehead atoms. The van der Waals surface area contributed by atoms with Gasteiger partial charge in [-0.1, -0.05) is 18.5 Å². The third-order valence-electron chi connectivity index (χ3n) is 10.4. The Balaban J connectivity index is 1.24. The third kappa shape index (κ3) is 2.67. The van der Waals surface area contributed by atoms with E-state index in [-0.39, 0.29) is 16.9 Å². The summed E-state index contributed by atoms with van der Waals surface area (Å²) in [6.07, 6.45) is 10.8. The van der Waals surface area contributed by atoms with Crippen molar-refractivity contribution in [2.45, 2.75) is 70.3 Å². The van der Waals surface area contributed by atoms with E-state index in [2.05, 4.69) is 6.92 Å². The van der Waals surface area contributed by atoms with Crippen LogP contribution in [0.15, 0.2) is 24.3 Å². The number of aliphatic hydroxyl groups is 1. The second kappa shape index (κ2) is 6.33. The van der Waals surface area contributed by atoms with Gasteiger partial charge >= 0.3 is 0 Å². The highest BCUT2D eigenvalue weighted by molar-refractivity contribution is 6.30. The van der Waals surface area contributed by atoms with Gasteiger partial charge in [-0.3, -0.25) is 4.79 Å². The molecule has 1 aromatic rings. The molecule has 5 saturated carbocycles. The lowest BCUT2D eigenvalue weighted by Crippen LogP contribution is -2.50. The maximum atomic E-state index is 13.4. The summed E-state index contributed by atoms with van der Waals surface area (Å²) in [6.45, 7) is 2.44. The Morgan fingerprint density at radius 2 is 1.55 bits per heavy atom. The third-order valence-corrected chi connectivity index (χ3v) is 10.7. The van der Waals surface area contributed by atoms with Gasteiger partial charge in [0.05, 0.1) is 5.60 Å². The molecule has 9 atom stereocenters. The molecule has 1 N–H and O–H groups in total. The van der Waals surface area contributed by atoms with Crippen molar-refractivity contribution < 1.29 is 9.90 Å². The van der Waals surface area contributed by atoms with Gasteiger partial charge in [0.2, 0.25) is 0 Å². The zero-order valence-corrected chi connectivity index (χ0v) is 18.2. The molecular formula is C26H33ClO2. The molecular weight excluding hydrogens is 380 g/mol. The molecule has 0 heterocycles. The summed E-state index contributed by atoms with van der Waals surface area (Å²) in [4.78, 5) is 13.4. The number of ketones is 1. The van der Waals surface area contributed by atoms with Crippen LogP contribution in [0.3, 0.4) is 0 Å². The number of benzene rings is 1. The first-order valence-corrected chi connectivity index (χ1v) is 12.3. The zero-order chi connectivity index (χ0) is 20.0. The van der Waals surface area contributed by atoms with Gasteiger partial charge in [0.15, 0.2) is 5.78 Å². The predicted molar refractivity (Wildman–Crippen MR) is 115 cm³/mol. The maximum absolute atomic E-state index is 13.4. The Morgan fingerprint density at radius 1 is 0.897 bits per heavy atom. The molecule has 5 aliphatic rings. The van der Waals surface area contributed by atoms with Crippen LogP contribution in [0.25, 0.3) is 0 Å². The molecule has 0 aromatic heterocycles. The fraction of sp³-hybridized carbons (Fsp3) is 0.731. The lowest BCUT2D eigenvalue weighted by molar-refractivity contribution is -0.0764. The molecule has 3 heteroatoms. The minimum Gasteiger partial charge on any atom is -0.390 e. The molecule has 156 valence electrons. The van der Waals surface area contributed by atoms with Crippen molar-refractivity contribution in [2.75, 3.05) is 0 Å². The van der Waals surface area contributed by atoms with E-state index in [0.29, 0.717) is 22.6 Å². The monoisotopic (exact) mass is 412 g/mol. The molecule has 0 amide bonds. The largest absolute Gasteiger partial charge is 0.390 e. The number of halogens is 1. The highest BCUT2D eigenvalue weighted by Gasteiger charge is 2.65. The van der Waals surface area contributed by atoms with Crippen molar-refractivity contribution in [2.24, 2.45) is 46.8 Å². The van der Waals surface area contributed by atoms with Crippen LogP contribution < -0.4 is 0 Å². The SMILES string of the molecule is C[C@]12CC[C@@H]3[C@H]4CC[C@]5(O)CC5[C@H]4CC[C@H]3[C@@H]1CC[C@@H]2C(=O)c1ccc(Cl)cc1. The number of rotatable bonds is 2. The molecule has 29 heavy (non-hydrogen) atoms. The molecule has 1 unspecified atom stereocenters. The highest BCUT2D eigenvalue weighted by Crippen LogP contribution is 2.68. The summed E-state index contributed by atoms with van der Waals surface area (Å²) in [5.41, 5.74) is 0.729. The van der Waals surface area contributed by atoms with Crippen molar-refractivity contribution >= 4 is 17.4 Å². The molecule has 5 fully saturated rings. The van der Waals surface area contributed by atoms with Crippen LogP contribution in [0.1, 0.15) is 75.1 Å². The summed E-state index contributed by atoms with van der Waals surface area (Å²) < 4.78 is 0. The zero-order valence-electron chi connectivity index (χ0n) is 17.4. The van der Waals surface area contributed by atoms with Crippen molar-refractivity contribution in [1.82, 2.24) is 0 Å². The Labute approximate surface area is 179 Å². The quantitative estimate of drug-likeness (QED) is 0.591. The van der Waals surface area contributed by atoms with Crippen molar-refractivity contribution in [3.63, 3.8) is 0 Å². The van der Waals surface area contributed by atoms with Crippen LogP contribution in [-0.2, 0) is 0 Å². The van der Waals surface area contributed by atoms with E-state index < -0.39 is 0 Å². The summed E-state index contributed by atoms with van der Waals surface area (Å²) in [6, 6.07) is 7.53. The summed E-state index contributed by atoms with van der Waals surface area (Å²) in [7, 11) is 0. The fourth-order valence-electron chi connectivity index (χ4n) is 8.93. The molecule has 0 radical (unpaired) electrons. The Bertz CT molecular complexity index is 834. The van der Waals surface area contributed by atoms with E-state index in [1.165, 1.54) is 38.5 Å². The number of carbonyl (C=O) groups excluding carboxylic acids is 1.